The molecule has 1 amide bonds. The SMILES string of the molecule is CCC(C(=O)O)n1c2c(c3cc(F)ccc31)C[C@@H](NC(=O)CCc1ccc(S(C)(=O)=O)cc1)CC2. The second-order valence-electron chi connectivity index (χ2n) is 9.14. The molecular weight excluding hydrogens is 471 g/mol. The number of hydrogen-bond donors (Lipinski definition) is 2. The Bertz CT molecular complexity index is 1380. The molecule has 2 atom stereocenters. The second-order valence-corrected chi connectivity index (χ2v) is 11.2. The Morgan fingerprint density at radius 2 is 1.91 bits per heavy atom. The van der Waals surface area contributed by atoms with Crippen LogP contribution in [0.1, 0.15) is 49.0 Å². The van der Waals surface area contributed by atoms with E-state index in [1.165, 1.54) is 12.1 Å². The number of nitrogens with one attached hydrogen (secondary N) is 1. The highest BCUT2D eigenvalue weighted by Gasteiger charge is 2.30. The normalized spacial score (nSPS) is 16.6. The van der Waals surface area contributed by atoms with Crippen LogP contribution in [-0.4, -0.2) is 42.3 Å². The van der Waals surface area contributed by atoms with Crippen molar-refractivity contribution in [2.24, 2.45) is 0 Å². The van der Waals surface area contributed by atoms with E-state index in [1.54, 1.807) is 30.3 Å². The van der Waals surface area contributed by atoms with Crippen molar-refractivity contribution in [3.63, 3.8) is 0 Å². The lowest BCUT2D eigenvalue weighted by molar-refractivity contribution is -0.141. The standard InChI is InChI=1S/C26H29FN2O5S/c1-3-22(26(31)32)29-23-11-7-17(27)14-20(23)21-15-18(8-12-24(21)29)28-25(30)13-6-16-4-9-19(10-5-16)35(2,33)34/h4-5,7,9-11,14,18,22H,3,6,8,12-13,15H2,1-2H3,(H,28,30)(H,31,32)/t18-,22?/m0/s1. The van der Waals surface area contributed by atoms with Gasteiger partial charge in [-0.15, -0.1) is 0 Å². The van der Waals surface area contributed by atoms with Crippen LogP contribution in [0.2, 0.25) is 0 Å². The third kappa shape index (κ3) is 5.24. The molecule has 0 radical (unpaired) electrons. The minimum Gasteiger partial charge on any atom is -0.480 e. The van der Waals surface area contributed by atoms with E-state index in [0.29, 0.717) is 43.0 Å². The van der Waals surface area contributed by atoms with Crippen molar-refractivity contribution in [1.82, 2.24) is 9.88 Å². The molecule has 7 nitrogen and oxygen atoms in total. The number of sulfone groups is 1. The average molecular weight is 501 g/mol. The molecule has 2 aromatic carbocycles. The molecule has 35 heavy (non-hydrogen) atoms. The average Bonchev–Trinajstić information content (AvgIpc) is 3.10. The van der Waals surface area contributed by atoms with E-state index in [0.717, 1.165) is 23.1 Å². The molecule has 4 rings (SSSR count). The minimum absolute atomic E-state index is 0.113. The highest BCUT2D eigenvalue weighted by Crippen LogP contribution is 2.36. The minimum atomic E-state index is -3.26. The largest absolute Gasteiger partial charge is 0.480 e. The summed E-state index contributed by atoms with van der Waals surface area (Å²) in [6, 6.07) is 10.1. The molecule has 186 valence electrons. The predicted octanol–water partition coefficient (Wildman–Crippen LogP) is 3.83. The maximum atomic E-state index is 14.1. The first-order chi connectivity index (χ1) is 16.6. The molecule has 0 aliphatic heterocycles. The number of aromatic nitrogens is 1. The van der Waals surface area contributed by atoms with Gasteiger partial charge in [0.2, 0.25) is 5.91 Å². The zero-order valence-corrected chi connectivity index (χ0v) is 20.6. The van der Waals surface area contributed by atoms with Crippen molar-refractivity contribution in [3.05, 3.63) is 65.1 Å². The van der Waals surface area contributed by atoms with Crippen LogP contribution in [0, 0.1) is 5.82 Å². The lowest BCUT2D eigenvalue weighted by Crippen LogP contribution is -2.39. The number of nitrogens with zero attached hydrogens (tertiary/aromatic N) is 1. The first-order valence-electron chi connectivity index (χ1n) is 11.7. The number of rotatable bonds is 8. The third-order valence-electron chi connectivity index (χ3n) is 6.70. The van der Waals surface area contributed by atoms with Gasteiger partial charge in [-0.05, 0) is 73.6 Å². The van der Waals surface area contributed by atoms with Gasteiger partial charge in [0, 0.05) is 35.3 Å². The fourth-order valence-corrected chi connectivity index (χ4v) is 5.60. The summed E-state index contributed by atoms with van der Waals surface area (Å²) in [4.78, 5) is 24.8. The highest BCUT2D eigenvalue weighted by atomic mass is 32.2. The molecule has 1 aliphatic carbocycles. The van der Waals surface area contributed by atoms with Crippen molar-refractivity contribution < 1.29 is 27.5 Å². The quantitative estimate of drug-likeness (QED) is 0.489. The zero-order valence-electron chi connectivity index (χ0n) is 19.8. The van der Waals surface area contributed by atoms with Crippen LogP contribution in [0.4, 0.5) is 4.39 Å². The maximum Gasteiger partial charge on any atom is 0.326 e. The Kier molecular flexibility index (Phi) is 6.98. The summed E-state index contributed by atoms with van der Waals surface area (Å²) < 4.78 is 39.1. The van der Waals surface area contributed by atoms with Crippen LogP contribution >= 0.6 is 0 Å². The zero-order chi connectivity index (χ0) is 25.3. The lowest BCUT2D eigenvalue weighted by atomic mass is 9.91. The van der Waals surface area contributed by atoms with Crippen molar-refractivity contribution in [2.75, 3.05) is 6.26 Å². The highest BCUT2D eigenvalue weighted by molar-refractivity contribution is 7.90. The Balaban J connectivity index is 1.48. The Morgan fingerprint density at radius 3 is 2.54 bits per heavy atom. The molecule has 3 aromatic rings. The van der Waals surface area contributed by atoms with E-state index in [4.69, 9.17) is 0 Å². The van der Waals surface area contributed by atoms with Crippen LogP contribution in [-0.2, 0) is 38.7 Å². The molecule has 9 heteroatoms. The number of aliphatic carboxylic acids is 1. The van der Waals surface area contributed by atoms with Gasteiger partial charge in [0.1, 0.15) is 11.9 Å². The Hall–Kier alpha value is -3.20. The molecule has 1 aromatic heterocycles. The summed E-state index contributed by atoms with van der Waals surface area (Å²) in [5.74, 6) is -1.41. The topological polar surface area (TPSA) is 105 Å². The monoisotopic (exact) mass is 500 g/mol. The smallest absolute Gasteiger partial charge is 0.326 e. The number of carboxylic acids is 1. The van der Waals surface area contributed by atoms with Crippen molar-refractivity contribution >= 4 is 32.6 Å². The summed E-state index contributed by atoms with van der Waals surface area (Å²) in [6.45, 7) is 1.82. The van der Waals surface area contributed by atoms with Gasteiger partial charge in [-0.3, -0.25) is 4.79 Å². The van der Waals surface area contributed by atoms with Crippen LogP contribution < -0.4 is 5.32 Å². The molecular formula is C26H29FN2O5S. The van der Waals surface area contributed by atoms with Gasteiger partial charge in [-0.25, -0.2) is 17.6 Å². The summed E-state index contributed by atoms with van der Waals surface area (Å²) in [5, 5.41) is 13.5. The number of aryl methyl sites for hydroxylation is 1. The van der Waals surface area contributed by atoms with E-state index in [2.05, 4.69) is 5.32 Å². The van der Waals surface area contributed by atoms with Gasteiger partial charge in [-0.2, -0.15) is 0 Å². The van der Waals surface area contributed by atoms with E-state index >= 15 is 0 Å². The van der Waals surface area contributed by atoms with Gasteiger partial charge < -0.3 is 15.0 Å². The first-order valence-corrected chi connectivity index (χ1v) is 13.6. The fraction of sp³-hybridized carbons (Fsp3) is 0.385. The van der Waals surface area contributed by atoms with Gasteiger partial charge in [-0.1, -0.05) is 19.1 Å². The van der Waals surface area contributed by atoms with Crippen molar-refractivity contribution in [3.8, 4) is 0 Å². The van der Waals surface area contributed by atoms with E-state index in [1.807, 2.05) is 11.5 Å². The first kappa shape index (κ1) is 24.9. The molecule has 1 aliphatic rings. The second kappa shape index (κ2) is 9.81. The predicted molar refractivity (Wildman–Crippen MR) is 131 cm³/mol. The van der Waals surface area contributed by atoms with Crippen molar-refractivity contribution in [2.45, 2.75) is 62.4 Å². The number of benzene rings is 2. The van der Waals surface area contributed by atoms with Crippen LogP contribution in [0.15, 0.2) is 47.4 Å². The van der Waals surface area contributed by atoms with E-state index in [-0.39, 0.29) is 29.1 Å². The molecule has 1 unspecified atom stereocenters. The van der Waals surface area contributed by atoms with Gasteiger partial charge >= 0.3 is 5.97 Å². The lowest BCUT2D eigenvalue weighted by Gasteiger charge is -2.26. The molecule has 2 N–H and O–H groups in total. The summed E-state index contributed by atoms with van der Waals surface area (Å²) in [6.07, 6.45) is 4.07. The Labute approximate surface area is 203 Å². The van der Waals surface area contributed by atoms with Gasteiger partial charge in [0.05, 0.1) is 4.90 Å². The number of amides is 1. The van der Waals surface area contributed by atoms with Gasteiger partial charge in [0.25, 0.3) is 0 Å². The third-order valence-corrected chi connectivity index (χ3v) is 7.83. The molecule has 0 bridgehead atoms. The number of fused-ring (bicyclic) bond motifs is 3. The fourth-order valence-electron chi connectivity index (χ4n) is 4.97. The number of hydrogen-bond acceptors (Lipinski definition) is 4. The number of carboxylic acid groups (broad SMARTS) is 1. The summed E-state index contributed by atoms with van der Waals surface area (Å²) >= 11 is 0. The number of halogens is 1. The van der Waals surface area contributed by atoms with Crippen LogP contribution in [0.3, 0.4) is 0 Å². The molecule has 0 spiro atoms. The Morgan fingerprint density at radius 1 is 1.20 bits per heavy atom. The van der Waals surface area contributed by atoms with E-state index in [9.17, 15) is 27.5 Å². The maximum absolute atomic E-state index is 14.1. The molecule has 0 fully saturated rings. The van der Waals surface area contributed by atoms with Crippen molar-refractivity contribution in [1.29, 1.82) is 0 Å². The van der Waals surface area contributed by atoms with Crippen LogP contribution in [0.25, 0.3) is 10.9 Å². The molecule has 0 saturated heterocycles. The molecule has 1 heterocycles. The summed E-state index contributed by atoms with van der Waals surface area (Å²) in [7, 11) is -3.26. The number of carbonyl (C=O) groups excluding carboxylic acids is 1. The summed E-state index contributed by atoms with van der Waals surface area (Å²) in [5.41, 5.74) is 3.37. The van der Waals surface area contributed by atoms with Crippen LogP contribution in [0.5, 0.6) is 0 Å². The number of carbonyl (C=O) groups is 2. The van der Waals surface area contributed by atoms with E-state index < -0.39 is 21.8 Å². The van der Waals surface area contributed by atoms with Gasteiger partial charge in [0.15, 0.2) is 9.84 Å². The molecule has 0 saturated carbocycles.